The SMILES string of the molecule is CN(CC1CCCOC1)C(=O)c1cccc(F)c1NN. The highest BCUT2D eigenvalue weighted by Gasteiger charge is 2.22. The molecular formula is C14H20FN3O2. The molecule has 0 radical (unpaired) electrons. The van der Waals surface area contributed by atoms with Crippen molar-refractivity contribution in [3.05, 3.63) is 29.6 Å². The number of ether oxygens (including phenoxy) is 1. The molecule has 0 spiro atoms. The number of carbonyl (C=O) groups excluding carboxylic acids is 1. The molecule has 1 heterocycles. The molecule has 6 heteroatoms. The predicted octanol–water partition coefficient (Wildman–Crippen LogP) is 1.61. The van der Waals surface area contributed by atoms with E-state index in [1.54, 1.807) is 18.0 Å². The topological polar surface area (TPSA) is 67.6 Å². The molecule has 0 bridgehead atoms. The van der Waals surface area contributed by atoms with Crippen LogP contribution in [0.2, 0.25) is 0 Å². The lowest BCUT2D eigenvalue weighted by Gasteiger charge is -2.27. The zero-order chi connectivity index (χ0) is 14.5. The van der Waals surface area contributed by atoms with E-state index in [0.717, 1.165) is 19.4 Å². The fourth-order valence-corrected chi connectivity index (χ4v) is 2.48. The summed E-state index contributed by atoms with van der Waals surface area (Å²) in [5, 5.41) is 0. The first-order valence-corrected chi connectivity index (χ1v) is 6.71. The van der Waals surface area contributed by atoms with Crippen molar-refractivity contribution in [1.29, 1.82) is 0 Å². The summed E-state index contributed by atoms with van der Waals surface area (Å²) in [6, 6.07) is 4.33. The van der Waals surface area contributed by atoms with Gasteiger partial charge < -0.3 is 15.1 Å². The summed E-state index contributed by atoms with van der Waals surface area (Å²) in [7, 11) is 1.71. The zero-order valence-electron chi connectivity index (χ0n) is 11.6. The van der Waals surface area contributed by atoms with Gasteiger partial charge in [-0.2, -0.15) is 0 Å². The van der Waals surface area contributed by atoms with Crippen molar-refractivity contribution < 1.29 is 13.9 Å². The number of carbonyl (C=O) groups is 1. The van der Waals surface area contributed by atoms with E-state index in [4.69, 9.17) is 10.6 Å². The van der Waals surface area contributed by atoms with E-state index in [2.05, 4.69) is 5.43 Å². The second-order valence-electron chi connectivity index (χ2n) is 5.08. The molecule has 0 aromatic heterocycles. The Bertz CT molecular complexity index is 475. The van der Waals surface area contributed by atoms with Gasteiger partial charge in [-0.1, -0.05) is 6.07 Å². The van der Waals surface area contributed by atoms with Crippen LogP contribution in [0.5, 0.6) is 0 Å². The average molecular weight is 281 g/mol. The van der Waals surface area contributed by atoms with Gasteiger partial charge in [-0.05, 0) is 30.9 Å². The summed E-state index contributed by atoms with van der Waals surface area (Å²) < 4.78 is 19.0. The Morgan fingerprint density at radius 3 is 3.05 bits per heavy atom. The van der Waals surface area contributed by atoms with Crippen molar-refractivity contribution in [3.8, 4) is 0 Å². The Balaban J connectivity index is 2.08. The second kappa shape index (κ2) is 6.67. The number of nitrogens with two attached hydrogens (primary N) is 1. The van der Waals surface area contributed by atoms with Crippen molar-refractivity contribution in [2.45, 2.75) is 12.8 Å². The predicted molar refractivity (Wildman–Crippen MR) is 74.7 cm³/mol. The van der Waals surface area contributed by atoms with Crippen LogP contribution >= 0.6 is 0 Å². The van der Waals surface area contributed by atoms with Crippen molar-refractivity contribution in [2.75, 3.05) is 32.2 Å². The van der Waals surface area contributed by atoms with Crippen LogP contribution in [0.3, 0.4) is 0 Å². The molecule has 1 saturated heterocycles. The largest absolute Gasteiger partial charge is 0.381 e. The van der Waals surface area contributed by atoms with E-state index >= 15 is 0 Å². The summed E-state index contributed by atoms with van der Waals surface area (Å²) in [6.07, 6.45) is 2.06. The molecule has 1 atom stereocenters. The molecule has 1 aromatic rings. The number of hydrogen-bond acceptors (Lipinski definition) is 4. The zero-order valence-corrected chi connectivity index (χ0v) is 11.6. The Kier molecular flexibility index (Phi) is 4.92. The minimum Gasteiger partial charge on any atom is -0.381 e. The quantitative estimate of drug-likeness (QED) is 0.650. The van der Waals surface area contributed by atoms with Crippen LogP contribution in [-0.2, 0) is 4.74 Å². The van der Waals surface area contributed by atoms with Gasteiger partial charge in [0, 0.05) is 20.2 Å². The van der Waals surface area contributed by atoms with Gasteiger partial charge in [-0.3, -0.25) is 10.6 Å². The molecule has 5 nitrogen and oxygen atoms in total. The monoisotopic (exact) mass is 281 g/mol. The lowest BCUT2D eigenvalue weighted by atomic mass is 10.0. The highest BCUT2D eigenvalue weighted by Crippen LogP contribution is 2.21. The van der Waals surface area contributed by atoms with Crippen molar-refractivity contribution in [3.63, 3.8) is 0 Å². The third-order valence-corrected chi connectivity index (χ3v) is 3.52. The van der Waals surface area contributed by atoms with Gasteiger partial charge in [0.05, 0.1) is 17.9 Å². The number of halogens is 1. The second-order valence-corrected chi connectivity index (χ2v) is 5.08. The Labute approximate surface area is 117 Å². The smallest absolute Gasteiger partial charge is 0.255 e. The molecule has 110 valence electrons. The number of nitrogen functional groups attached to an aromatic ring is 1. The summed E-state index contributed by atoms with van der Waals surface area (Å²) in [5.41, 5.74) is 2.53. The van der Waals surface area contributed by atoms with Gasteiger partial charge in [-0.25, -0.2) is 4.39 Å². The van der Waals surface area contributed by atoms with Crippen molar-refractivity contribution >= 4 is 11.6 Å². The number of anilines is 1. The molecule has 1 amide bonds. The Hall–Kier alpha value is -1.66. The van der Waals surface area contributed by atoms with Crippen LogP contribution < -0.4 is 11.3 Å². The van der Waals surface area contributed by atoms with Crippen LogP contribution in [0.4, 0.5) is 10.1 Å². The summed E-state index contributed by atoms with van der Waals surface area (Å²) >= 11 is 0. The van der Waals surface area contributed by atoms with E-state index in [0.29, 0.717) is 19.1 Å². The first-order valence-electron chi connectivity index (χ1n) is 6.71. The van der Waals surface area contributed by atoms with Crippen LogP contribution in [0.15, 0.2) is 18.2 Å². The molecule has 3 N–H and O–H groups in total. The summed E-state index contributed by atoms with van der Waals surface area (Å²) in [5.74, 6) is 4.85. The van der Waals surface area contributed by atoms with Gasteiger partial charge >= 0.3 is 0 Å². The van der Waals surface area contributed by atoms with Crippen LogP contribution in [-0.4, -0.2) is 37.6 Å². The molecule has 1 aromatic carbocycles. The molecule has 1 unspecified atom stereocenters. The number of rotatable bonds is 4. The molecular weight excluding hydrogens is 261 g/mol. The standard InChI is InChI=1S/C14H20FN3O2/c1-18(8-10-4-3-7-20-9-10)14(19)11-5-2-6-12(15)13(11)17-16/h2,5-6,10,17H,3-4,7-9,16H2,1H3. The number of para-hydroxylation sites is 1. The highest BCUT2D eigenvalue weighted by atomic mass is 19.1. The number of hydrogen-bond donors (Lipinski definition) is 2. The third kappa shape index (κ3) is 3.26. The van der Waals surface area contributed by atoms with Crippen molar-refractivity contribution in [2.24, 2.45) is 11.8 Å². The van der Waals surface area contributed by atoms with Crippen LogP contribution in [0.1, 0.15) is 23.2 Å². The molecule has 1 aliphatic rings. The molecule has 0 saturated carbocycles. The molecule has 2 rings (SSSR count). The van der Waals surface area contributed by atoms with Gasteiger partial charge in [0.15, 0.2) is 0 Å². The van der Waals surface area contributed by atoms with Gasteiger partial charge in [0.2, 0.25) is 0 Å². The first-order chi connectivity index (χ1) is 9.63. The average Bonchev–Trinajstić information content (AvgIpc) is 2.47. The van der Waals surface area contributed by atoms with Gasteiger partial charge in [-0.15, -0.1) is 0 Å². The number of amides is 1. The third-order valence-electron chi connectivity index (χ3n) is 3.52. The number of hydrazine groups is 1. The maximum Gasteiger partial charge on any atom is 0.255 e. The van der Waals surface area contributed by atoms with Crippen LogP contribution in [0.25, 0.3) is 0 Å². The minimum absolute atomic E-state index is 0.0317. The minimum atomic E-state index is -0.534. The number of nitrogens with one attached hydrogen (secondary N) is 1. The molecule has 20 heavy (non-hydrogen) atoms. The van der Waals surface area contributed by atoms with Gasteiger partial charge in [0.1, 0.15) is 5.82 Å². The maximum atomic E-state index is 13.6. The lowest BCUT2D eigenvalue weighted by Crippen LogP contribution is -2.35. The van der Waals surface area contributed by atoms with E-state index < -0.39 is 5.82 Å². The first kappa shape index (κ1) is 14.7. The highest BCUT2D eigenvalue weighted by molar-refractivity contribution is 5.99. The van der Waals surface area contributed by atoms with Crippen molar-refractivity contribution in [1.82, 2.24) is 4.90 Å². The Morgan fingerprint density at radius 2 is 2.40 bits per heavy atom. The van der Waals surface area contributed by atoms with E-state index in [1.807, 2.05) is 0 Å². The Morgan fingerprint density at radius 1 is 1.60 bits per heavy atom. The number of nitrogens with zero attached hydrogens (tertiary/aromatic N) is 1. The molecule has 1 fully saturated rings. The molecule has 0 aliphatic carbocycles. The molecule has 1 aliphatic heterocycles. The van der Waals surface area contributed by atoms with E-state index in [1.165, 1.54) is 12.1 Å². The van der Waals surface area contributed by atoms with Crippen LogP contribution in [0, 0.1) is 11.7 Å². The fourth-order valence-electron chi connectivity index (χ4n) is 2.48. The summed E-state index contributed by atoms with van der Waals surface area (Å²) in [6.45, 7) is 2.06. The van der Waals surface area contributed by atoms with Gasteiger partial charge in [0.25, 0.3) is 5.91 Å². The number of benzene rings is 1. The normalized spacial score (nSPS) is 18.6. The van der Waals surface area contributed by atoms with E-state index in [9.17, 15) is 9.18 Å². The maximum absolute atomic E-state index is 13.6. The lowest BCUT2D eigenvalue weighted by molar-refractivity contribution is 0.0388. The fraction of sp³-hybridized carbons (Fsp3) is 0.500. The van der Waals surface area contributed by atoms with E-state index in [-0.39, 0.29) is 17.2 Å². The summed E-state index contributed by atoms with van der Waals surface area (Å²) in [4.78, 5) is 14.0.